The largest absolute Gasteiger partial charge is 0.509 e. The van der Waals surface area contributed by atoms with Gasteiger partial charge in [-0.2, -0.15) is 5.26 Å². The lowest BCUT2D eigenvalue weighted by atomic mass is 9.57. The first-order valence-corrected chi connectivity index (χ1v) is 14.4. The fourth-order valence-corrected chi connectivity index (χ4v) is 5.75. The maximum absolute atomic E-state index is 13.4. The normalized spacial score (nSPS) is 28.4. The second-order valence-corrected chi connectivity index (χ2v) is 12.4. The van der Waals surface area contributed by atoms with Crippen molar-refractivity contribution >= 4 is 27.3 Å². The summed E-state index contributed by atoms with van der Waals surface area (Å²) in [6.45, 7) is 9.16. The molecular formula is C26H33N2O9Si. The Kier molecular flexibility index (Phi) is 8.55. The molecule has 1 aromatic carbocycles. The third kappa shape index (κ3) is 5.27. The molecule has 0 saturated carbocycles. The van der Waals surface area contributed by atoms with E-state index >= 15 is 0 Å². The highest BCUT2D eigenvalue weighted by atomic mass is 28.3. The molecule has 3 rings (SSSR count). The van der Waals surface area contributed by atoms with E-state index in [0.29, 0.717) is 0 Å². The molecule has 38 heavy (non-hydrogen) atoms. The zero-order chi connectivity index (χ0) is 28.3. The molecule has 2 aliphatic rings. The van der Waals surface area contributed by atoms with Crippen LogP contribution in [0, 0.1) is 22.7 Å². The van der Waals surface area contributed by atoms with Crippen LogP contribution < -0.4 is 0 Å². The van der Waals surface area contributed by atoms with Gasteiger partial charge in [0.2, 0.25) is 14.6 Å². The van der Waals surface area contributed by atoms with Gasteiger partial charge in [0, 0.05) is 0 Å². The number of ether oxygens (including phenoxy) is 4. The summed E-state index contributed by atoms with van der Waals surface area (Å²) in [7, 11) is 0.830. The van der Waals surface area contributed by atoms with Crippen molar-refractivity contribution in [2.45, 2.75) is 63.8 Å². The summed E-state index contributed by atoms with van der Waals surface area (Å²) in [4.78, 5) is 44.3. The Morgan fingerprint density at radius 1 is 1.08 bits per heavy atom. The Bertz CT molecular complexity index is 1110. The van der Waals surface area contributed by atoms with Crippen LogP contribution in [-0.4, -0.2) is 69.9 Å². The van der Waals surface area contributed by atoms with Crippen LogP contribution in [0.15, 0.2) is 42.5 Å². The minimum atomic E-state index is -1.92. The average Bonchev–Trinajstić information content (AvgIpc) is 2.87. The fourth-order valence-electron chi connectivity index (χ4n) is 4.99. The molecule has 0 bridgehead atoms. The molecule has 0 N–H and O–H groups in total. The number of nitriles is 1. The molecule has 1 aliphatic carbocycles. The molecule has 5 atom stereocenters. The molecule has 1 saturated heterocycles. The van der Waals surface area contributed by atoms with Crippen LogP contribution in [0.25, 0.3) is 0 Å². The van der Waals surface area contributed by atoms with Gasteiger partial charge in [0.15, 0.2) is 11.6 Å². The molecule has 205 valence electrons. The summed E-state index contributed by atoms with van der Waals surface area (Å²) in [5.41, 5.74) is -3.44. The van der Waals surface area contributed by atoms with E-state index in [2.05, 4.69) is 10.8 Å². The molecule has 12 heteroatoms. The third-order valence-electron chi connectivity index (χ3n) is 6.49. The fraction of sp³-hybridized carbons (Fsp3) is 0.538. The van der Waals surface area contributed by atoms with E-state index in [1.54, 1.807) is 20.8 Å². The predicted octanol–water partition coefficient (Wildman–Crippen LogP) is 3.76. The van der Waals surface area contributed by atoms with Crippen LogP contribution in [-0.2, 0) is 39.6 Å². The molecule has 1 fully saturated rings. The SMILES string of the molecule is COC(=O)O[C@H]1[C@H](C(C)(C)C)[C@@](C#N)(OC(=O)OC)C=C[C@]12C(O[Si](C)C)C(=O)N2OCc1ccccc1. The van der Waals surface area contributed by atoms with Crippen molar-refractivity contribution in [1.29, 1.82) is 5.26 Å². The highest BCUT2D eigenvalue weighted by molar-refractivity contribution is 6.48. The number of carbonyl (C=O) groups excluding carboxylic acids is 3. The smallest absolute Gasteiger partial charge is 0.438 e. The van der Waals surface area contributed by atoms with Crippen molar-refractivity contribution in [3.05, 3.63) is 48.0 Å². The number of hydrogen-bond acceptors (Lipinski definition) is 10. The van der Waals surface area contributed by atoms with Crippen LogP contribution in [0.3, 0.4) is 0 Å². The lowest BCUT2D eigenvalue weighted by Gasteiger charge is -2.62. The zero-order valence-electron chi connectivity index (χ0n) is 22.5. The van der Waals surface area contributed by atoms with Crippen LogP contribution in [0.4, 0.5) is 9.59 Å². The standard InChI is InChI=1S/C26H33N2O9Si/c1-24(2,3)18-19(35-22(30)32-4)26(14-13-25(18,16-27)36-23(31)33-5)20(37-38(6)7)21(29)28(26)34-15-17-11-9-8-10-12-17/h8-14,18-20H,15H2,1-7H3/t18-,19+,20?,25-,26-/m1/s1. The molecule has 1 aliphatic heterocycles. The Labute approximate surface area is 223 Å². The molecular weight excluding hydrogens is 512 g/mol. The van der Waals surface area contributed by atoms with Crippen molar-refractivity contribution in [1.82, 2.24) is 5.06 Å². The quantitative estimate of drug-likeness (QED) is 0.216. The molecule has 1 amide bonds. The maximum atomic E-state index is 13.4. The van der Waals surface area contributed by atoms with E-state index in [1.165, 1.54) is 12.2 Å². The lowest BCUT2D eigenvalue weighted by molar-refractivity contribution is -0.308. The lowest BCUT2D eigenvalue weighted by Crippen LogP contribution is -2.83. The van der Waals surface area contributed by atoms with E-state index < -0.39 is 61.9 Å². The summed E-state index contributed by atoms with van der Waals surface area (Å²) < 4.78 is 26.9. The van der Waals surface area contributed by atoms with Gasteiger partial charge in [-0.3, -0.25) is 9.63 Å². The van der Waals surface area contributed by atoms with Crippen LogP contribution in [0.5, 0.6) is 0 Å². The topological polar surface area (TPSA) is 134 Å². The molecule has 1 radical (unpaired) electrons. The maximum Gasteiger partial charge on any atom is 0.509 e. The van der Waals surface area contributed by atoms with Crippen molar-refractivity contribution in [2.24, 2.45) is 11.3 Å². The van der Waals surface area contributed by atoms with Crippen molar-refractivity contribution in [2.75, 3.05) is 14.2 Å². The summed E-state index contributed by atoms with van der Waals surface area (Å²) in [5, 5.41) is 11.4. The van der Waals surface area contributed by atoms with Gasteiger partial charge in [-0.15, -0.1) is 0 Å². The van der Waals surface area contributed by atoms with Gasteiger partial charge in [-0.05, 0) is 36.2 Å². The molecule has 1 heterocycles. The summed E-state index contributed by atoms with van der Waals surface area (Å²) in [6, 6.07) is 11.3. The van der Waals surface area contributed by atoms with Gasteiger partial charge in [-0.25, -0.2) is 14.7 Å². The number of amides is 1. The molecule has 11 nitrogen and oxygen atoms in total. The monoisotopic (exact) mass is 545 g/mol. The number of hydroxylamine groups is 2. The van der Waals surface area contributed by atoms with Crippen molar-refractivity contribution in [3.63, 3.8) is 0 Å². The molecule has 1 unspecified atom stereocenters. The van der Waals surface area contributed by atoms with E-state index in [-0.39, 0.29) is 6.61 Å². The number of β-lactam (4-membered cyclic amide) rings is 1. The van der Waals surface area contributed by atoms with E-state index in [0.717, 1.165) is 24.8 Å². The first kappa shape index (κ1) is 29.2. The van der Waals surface area contributed by atoms with Gasteiger partial charge >= 0.3 is 12.3 Å². The van der Waals surface area contributed by atoms with Gasteiger partial charge in [0.25, 0.3) is 5.91 Å². The van der Waals surface area contributed by atoms with Crippen molar-refractivity contribution in [3.8, 4) is 6.07 Å². The minimum absolute atomic E-state index is 0.0398. The van der Waals surface area contributed by atoms with Crippen LogP contribution >= 0.6 is 0 Å². The van der Waals surface area contributed by atoms with E-state index in [9.17, 15) is 19.6 Å². The van der Waals surface area contributed by atoms with Crippen LogP contribution in [0.1, 0.15) is 26.3 Å². The number of benzene rings is 1. The second-order valence-electron chi connectivity index (χ2n) is 10.3. The van der Waals surface area contributed by atoms with Gasteiger partial charge in [-0.1, -0.05) is 51.1 Å². The minimum Gasteiger partial charge on any atom is -0.438 e. The number of rotatable bonds is 7. The van der Waals surface area contributed by atoms with E-state index in [4.69, 9.17) is 23.5 Å². The Morgan fingerprint density at radius 3 is 2.24 bits per heavy atom. The second kappa shape index (κ2) is 11.1. The molecule has 1 spiro atoms. The number of carbonyl (C=O) groups is 3. The first-order chi connectivity index (χ1) is 17.9. The summed E-state index contributed by atoms with van der Waals surface area (Å²) in [6.07, 6.45) is -1.66. The van der Waals surface area contributed by atoms with Gasteiger partial charge in [0.1, 0.15) is 18.8 Å². The highest BCUT2D eigenvalue weighted by Gasteiger charge is 2.74. The molecule has 0 aromatic heterocycles. The Balaban J connectivity index is 2.22. The Morgan fingerprint density at radius 2 is 1.71 bits per heavy atom. The zero-order valence-corrected chi connectivity index (χ0v) is 23.5. The Hall–Kier alpha value is -3.40. The summed E-state index contributed by atoms with van der Waals surface area (Å²) >= 11 is 0. The van der Waals surface area contributed by atoms with Crippen molar-refractivity contribution < 1.29 is 42.6 Å². The first-order valence-electron chi connectivity index (χ1n) is 12.0. The third-order valence-corrected chi connectivity index (χ3v) is 7.19. The predicted molar refractivity (Wildman–Crippen MR) is 134 cm³/mol. The van der Waals surface area contributed by atoms with Crippen LogP contribution in [0.2, 0.25) is 13.1 Å². The number of methoxy groups -OCH3 is 2. The molecule has 1 aromatic rings. The van der Waals surface area contributed by atoms with Gasteiger partial charge < -0.3 is 23.4 Å². The highest BCUT2D eigenvalue weighted by Crippen LogP contribution is 2.54. The average molecular weight is 546 g/mol. The number of hydrogen-bond donors (Lipinski definition) is 0. The van der Waals surface area contributed by atoms with Gasteiger partial charge in [0.05, 0.1) is 20.1 Å². The van der Waals surface area contributed by atoms with E-state index in [1.807, 2.05) is 43.4 Å². The number of nitrogens with zero attached hydrogens (tertiary/aromatic N) is 2. The summed E-state index contributed by atoms with van der Waals surface area (Å²) in [5.74, 6) is -1.49.